The molecule has 8 nitrogen and oxygen atoms in total. The van der Waals surface area contributed by atoms with Gasteiger partial charge in [-0.15, -0.1) is 10.2 Å². The summed E-state index contributed by atoms with van der Waals surface area (Å²) in [6.07, 6.45) is 1.49. The second-order valence-corrected chi connectivity index (χ2v) is 11.6. The van der Waals surface area contributed by atoms with Crippen molar-refractivity contribution in [3.8, 4) is 6.07 Å². The Morgan fingerprint density at radius 2 is 2.00 bits per heavy atom. The lowest BCUT2D eigenvalue weighted by Crippen LogP contribution is -2.38. The molecule has 1 unspecified atom stereocenters. The molecule has 13 heteroatoms. The van der Waals surface area contributed by atoms with Crippen molar-refractivity contribution in [2.75, 3.05) is 16.0 Å². The zero-order valence-corrected chi connectivity index (χ0v) is 23.2. The van der Waals surface area contributed by atoms with E-state index in [9.17, 15) is 19.2 Å². The minimum Gasteiger partial charge on any atom is -0.384 e. The van der Waals surface area contributed by atoms with E-state index < -0.39 is 11.7 Å². The fourth-order valence-electron chi connectivity index (χ4n) is 4.57. The van der Waals surface area contributed by atoms with E-state index in [1.807, 2.05) is 0 Å². The van der Waals surface area contributed by atoms with E-state index in [0.717, 1.165) is 0 Å². The molecule has 3 aromatic rings. The van der Waals surface area contributed by atoms with Gasteiger partial charge in [-0.3, -0.25) is 14.5 Å². The SMILES string of the molecule is N#CC1=C(N)N(c2nnc(SCC(=O)Nc3ccc(F)cc3)s2)C2=C(C(=O)CCC2)C1c1cccc(Cl)c1Cl. The van der Waals surface area contributed by atoms with Crippen LogP contribution in [-0.4, -0.2) is 27.6 Å². The fourth-order valence-corrected chi connectivity index (χ4v) is 6.67. The number of nitriles is 1. The van der Waals surface area contributed by atoms with Crippen molar-refractivity contribution in [1.82, 2.24) is 10.2 Å². The predicted octanol–water partition coefficient (Wildman–Crippen LogP) is 6.02. The molecular weight excluding hydrogens is 582 g/mol. The number of nitrogens with one attached hydrogen (secondary N) is 1. The molecule has 0 saturated carbocycles. The van der Waals surface area contributed by atoms with Crippen LogP contribution < -0.4 is 16.0 Å². The largest absolute Gasteiger partial charge is 0.384 e. The number of allylic oxidation sites excluding steroid dienone is 3. The van der Waals surface area contributed by atoms with E-state index in [2.05, 4.69) is 21.6 Å². The maximum atomic E-state index is 13.3. The van der Waals surface area contributed by atoms with E-state index in [0.29, 0.717) is 56.3 Å². The molecule has 1 aromatic heterocycles. The number of thioether (sulfide) groups is 1. The highest BCUT2D eigenvalue weighted by atomic mass is 35.5. The number of ketones is 1. The molecule has 198 valence electrons. The van der Waals surface area contributed by atoms with Crippen LogP contribution in [0.15, 0.2) is 69.5 Å². The lowest BCUT2D eigenvalue weighted by Gasteiger charge is -2.38. The number of amides is 1. The van der Waals surface area contributed by atoms with E-state index in [1.165, 1.54) is 47.4 Å². The highest BCUT2D eigenvalue weighted by Crippen LogP contribution is 2.49. The molecule has 2 aliphatic rings. The lowest BCUT2D eigenvalue weighted by atomic mass is 9.76. The van der Waals surface area contributed by atoms with Crippen LogP contribution in [0.1, 0.15) is 30.7 Å². The number of nitrogens with zero attached hydrogens (tertiary/aromatic N) is 4. The second kappa shape index (κ2) is 11.4. The van der Waals surface area contributed by atoms with Crippen LogP contribution in [0.4, 0.5) is 15.2 Å². The topological polar surface area (TPSA) is 125 Å². The summed E-state index contributed by atoms with van der Waals surface area (Å²) in [6.45, 7) is 0. The van der Waals surface area contributed by atoms with Gasteiger partial charge >= 0.3 is 0 Å². The van der Waals surface area contributed by atoms with Gasteiger partial charge in [0.15, 0.2) is 10.1 Å². The van der Waals surface area contributed by atoms with Gasteiger partial charge in [0, 0.05) is 23.4 Å². The summed E-state index contributed by atoms with van der Waals surface area (Å²) in [5.41, 5.74) is 8.83. The number of aromatic nitrogens is 2. The van der Waals surface area contributed by atoms with Crippen LogP contribution in [0.5, 0.6) is 0 Å². The molecule has 2 heterocycles. The zero-order chi connectivity index (χ0) is 27.7. The summed E-state index contributed by atoms with van der Waals surface area (Å²) in [5, 5.41) is 22.2. The lowest BCUT2D eigenvalue weighted by molar-refractivity contribution is -0.116. The monoisotopic (exact) mass is 600 g/mol. The molecule has 3 N–H and O–H groups in total. The van der Waals surface area contributed by atoms with Crippen molar-refractivity contribution < 1.29 is 14.0 Å². The quantitative estimate of drug-likeness (QED) is 0.329. The first-order valence-electron chi connectivity index (χ1n) is 11.7. The Hall–Kier alpha value is -3.43. The number of benzene rings is 2. The Balaban J connectivity index is 1.44. The van der Waals surface area contributed by atoms with Gasteiger partial charge in [0.05, 0.1) is 33.4 Å². The van der Waals surface area contributed by atoms with Gasteiger partial charge in [-0.1, -0.05) is 58.4 Å². The highest BCUT2D eigenvalue weighted by molar-refractivity contribution is 8.01. The molecule has 1 aliphatic carbocycles. The number of rotatable bonds is 6. The van der Waals surface area contributed by atoms with E-state index in [1.54, 1.807) is 23.1 Å². The summed E-state index contributed by atoms with van der Waals surface area (Å²) in [6, 6.07) is 12.7. The third kappa shape index (κ3) is 5.38. The number of carbonyl (C=O) groups is 2. The standard InChI is InChI=1S/C26H19Cl2FN6O2S2/c27-17-4-1-3-15(23(17)28)21-16(11-30)24(31)35(18-5-2-6-19(36)22(18)21)25-33-34-26(39-25)38-12-20(37)32-14-9-7-13(29)8-10-14/h1,3-4,7-10,21H,2,5-6,12,31H2,(H,32,37). The summed E-state index contributed by atoms with van der Waals surface area (Å²) >= 11 is 15.1. The van der Waals surface area contributed by atoms with Crippen LogP contribution in [0.25, 0.3) is 0 Å². The minimum atomic E-state index is -0.753. The van der Waals surface area contributed by atoms with Crippen LogP contribution in [0.3, 0.4) is 0 Å². The molecule has 0 spiro atoms. The number of nitrogens with two attached hydrogens (primary N) is 1. The van der Waals surface area contributed by atoms with Crippen LogP contribution in [-0.2, 0) is 9.59 Å². The molecule has 2 aromatic carbocycles. The molecule has 5 rings (SSSR count). The van der Waals surface area contributed by atoms with Crippen molar-refractivity contribution in [3.05, 3.63) is 86.6 Å². The molecule has 1 amide bonds. The smallest absolute Gasteiger partial charge is 0.234 e. The Morgan fingerprint density at radius 1 is 1.23 bits per heavy atom. The molecule has 0 radical (unpaired) electrons. The first kappa shape index (κ1) is 27.1. The summed E-state index contributed by atoms with van der Waals surface area (Å²) < 4.78 is 13.6. The van der Waals surface area contributed by atoms with Gasteiger partial charge in [0.1, 0.15) is 11.6 Å². The number of anilines is 2. The number of carbonyl (C=O) groups excluding carboxylic acids is 2. The van der Waals surface area contributed by atoms with Crippen molar-refractivity contribution in [1.29, 1.82) is 5.26 Å². The fraction of sp³-hybridized carbons (Fsp3) is 0.192. The molecule has 39 heavy (non-hydrogen) atoms. The van der Waals surface area contributed by atoms with Crippen molar-refractivity contribution in [2.45, 2.75) is 29.5 Å². The molecular formula is C26H19Cl2FN6O2S2. The van der Waals surface area contributed by atoms with Crippen molar-refractivity contribution in [2.24, 2.45) is 5.73 Å². The van der Waals surface area contributed by atoms with E-state index in [-0.39, 0.29) is 33.9 Å². The number of Topliss-reactive ketones (excluding diaryl/α,β-unsaturated/α-hetero) is 1. The zero-order valence-electron chi connectivity index (χ0n) is 20.1. The summed E-state index contributed by atoms with van der Waals surface area (Å²) in [4.78, 5) is 27.2. The average Bonchev–Trinajstić information content (AvgIpc) is 3.38. The van der Waals surface area contributed by atoms with Gasteiger partial charge in [0.25, 0.3) is 0 Å². The number of halogens is 3. The number of hydrogen-bond acceptors (Lipinski definition) is 9. The minimum absolute atomic E-state index is 0.0442. The summed E-state index contributed by atoms with van der Waals surface area (Å²) in [7, 11) is 0. The summed E-state index contributed by atoms with van der Waals surface area (Å²) in [5.74, 6) is -1.36. The normalized spacial score (nSPS) is 17.2. The van der Waals surface area contributed by atoms with Crippen LogP contribution >= 0.6 is 46.3 Å². The third-order valence-corrected chi connectivity index (χ3v) is 9.12. The van der Waals surface area contributed by atoms with Crippen molar-refractivity contribution >= 4 is 68.8 Å². The average molecular weight is 602 g/mol. The molecule has 1 aliphatic heterocycles. The number of hydrogen-bond donors (Lipinski definition) is 2. The highest BCUT2D eigenvalue weighted by Gasteiger charge is 2.42. The molecule has 0 bridgehead atoms. The van der Waals surface area contributed by atoms with Gasteiger partial charge in [-0.05, 0) is 48.7 Å². The van der Waals surface area contributed by atoms with E-state index in [4.69, 9.17) is 28.9 Å². The molecule has 0 saturated heterocycles. The maximum Gasteiger partial charge on any atom is 0.234 e. The predicted molar refractivity (Wildman–Crippen MR) is 150 cm³/mol. The maximum absolute atomic E-state index is 13.3. The van der Waals surface area contributed by atoms with Crippen molar-refractivity contribution in [3.63, 3.8) is 0 Å². The van der Waals surface area contributed by atoms with Gasteiger partial charge in [-0.25, -0.2) is 4.39 Å². The molecule has 0 fully saturated rings. The first-order valence-corrected chi connectivity index (χ1v) is 14.3. The Labute approximate surface area is 241 Å². The third-order valence-electron chi connectivity index (χ3n) is 6.25. The van der Waals surface area contributed by atoms with Gasteiger partial charge < -0.3 is 11.1 Å². The Kier molecular flexibility index (Phi) is 7.91. The first-order chi connectivity index (χ1) is 18.8. The van der Waals surface area contributed by atoms with Gasteiger partial charge in [-0.2, -0.15) is 5.26 Å². The Morgan fingerprint density at radius 3 is 2.74 bits per heavy atom. The van der Waals surface area contributed by atoms with Gasteiger partial charge in [0.2, 0.25) is 11.0 Å². The second-order valence-electron chi connectivity index (χ2n) is 8.65. The van der Waals surface area contributed by atoms with E-state index >= 15 is 0 Å². The molecule has 1 atom stereocenters. The van der Waals surface area contributed by atoms with Crippen LogP contribution in [0.2, 0.25) is 10.0 Å². The van der Waals surface area contributed by atoms with Crippen LogP contribution in [0, 0.1) is 17.1 Å². The Bertz CT molecular complexity index is 1580.